The van der Waals surface area contributed by atoms with Gasteiger partial charge in [0.1, 0.15) is 6.10 Å². The first-order chi connectivity index (χ1) is 13.8. The molecule has 0 amide bonds. The van der Waals surface area contributed by atoms with E-state index in [9.17, 15) is 14.4 Å². The van der Waals surface area contributed by atoms with Gasteiger partial charge in [-0.15, -0.1) is 0 Å². The van der Waals surface area contributed by atoms with Crippen LogP contribution in [-0.4, -0.2) is 62.9 Å². The second-order valence-electron chi connectivity index (χ2n) is 6.59. The summed E-state index contributed by atoms with van der Waals surface area (Å²) in [6.45, 7) is 6.82. The molecule has 2 heterocycles. The molecule has 11 nitrogen and oxygen atoms in total. The molecule has 2 atom stereocenters. The minimum absolute atomic E-state index is 0.102. The van der Waals surface area contributed by atoms with Crippen LogP contribution < -0.4 is 0 Å². The Kier molecular flexibility index (Phi) is 8.09. The standard InChI is InChI=1S/C18H26O11/c1-5-7-22-16(20)25-10-24-13-12(11-9-26-18(3,4)29-11)27-15(19)14(13)28-17(21)23-8-6-2/h11-12H,5-10H2,1-4H3/t11-,12+/m0/s1. The average molecular weight is 418 g/mol. The number of hydrogen-bond donors (Lipinski definition) is 0. The summed E-state index contributed by atoms with van der Waals surface area (Å²) in [6, 6.07) is 0. The molecule has 0 bridgehead atoms. The van der Waals surface area contributed by atoms with Gasteiger partial charge in [-0.3, -0.25) is 0 Å². The first kappa shape index (κ1) is 22.8. The lowest BCUT2D eigenvalue weighted by Gasteiger charge is -2.21. The van der Waals surface area contributed by atoms with E-state index in [1.807, 2.05) is 6.92 Å². The smallest absolute Gasteiger partial charge is 0.453 e. The molecule has 0 aromatic rings. The van der Waals surface area contributed by atoms with Gasteiger partial charge in [0.05, 0.1) is 19.8 Å². The van der Waals surface area contributed by atoms with E-state index in [1.165, 1.54) is 0 Å². The third kappa shape index (κ3) is 6.50. The molecule has 0 spiro atoms. The zero-order chi connectivity index (χ0) is 21.4. The summed E-state index contributed by atoms with van der Waals surface area (Å²) < 4.78 is 41.1. The zero-order valence-corrected chi connectivity index (χ0v) is 16.9. The SMILES string of the molecule is CCCOC(=O)OCOC1=C(OC(=O)OCCC)C(=O)O[C@@H]1[C@@H]1COC(C)(C)O1. The number of hydrogen-bond acceptors (Lipinski definition) is 11. The highest BCUT2D eigenvalue weighted by Crippen LogP contribution is 2.34. The molecular formula is C18H26O11. The number of ether oxygens (including phenoxy) is 8. The van der Waals surface area contributed by atoms with Gasteiger partial charge in [-0.1, -0.05) is 13.8 Å². The summed E-state index contributed by atoms with van der Waals surface area (Å²) in [5.74, 6) is -2.51. The van der Waals surface area contributed by atoms with Crippen molar-refractivity contribution in [3.63, 3.8) is 0 Å². The topological polar surface area (TPSA) is 125 Å². The molecule has 1 fully saturated rings. The van der Waals surface area contributed by atoms with Crippen LogP contribution in [0.2, 0.25) is 0 Å². The van der Waals surface area contributed by atoms with Gasteiger partial charge < -0.3 is 37.9 Å². The normalized spacial score (nSPS) is 22.8. The quantitative estimate of drug-likeness (QED) is 0.311. The molecule has 164 valence electrons. The fourth-order valence-electron chi connectivity index (χ4n) is 2.47. The molecule has 11 heteroatoms. The van der Waals surface area contributed by atoms with E-state index >= 15 is 0 Å². The molecular weight excluding hydrogens is 392 g/mol. The molecule has 2 rings (SSSR count). The van der Waals surface area contributed by atoms with Gasteiger partial charge in [0.2, 0.25) is 6.79 Å². The van der Waals surface area contributed by atoms with Crippen LogP contribution in [0.1, 0.15) is 40.5 Å². The first-order valence-electron chi connectivity index (χ1n) is 9.31. The van der Waals surface area contributed by atoms with E-state index in [0.717, 1.165) is 0 Å². The molecule has 2 aliphatic rings. The summed E-state index contributed by atoms with van der Waals surface area (Å²) in [5.41, 5.74) is 0. The summed E-state index contributed by atoms with van der Waals surface area (Å²) >= 11 is 0. The van der Waals surface area contributed by atoms with Crippen LogP contribution >= 0.6 is 0 Å². The summed E-state index contributed by atoms with van der Waals surface area (Å²) in [5, 5.41) is 0. The Morgan fingerprint density at radius 1 is 1.07 bits per heavy atom. The van der Waals surface area contributed by atoms with Crippen molar-refractivity contribution in [3.8, 4) is 0 Å². The highest BCUT2D eigenvalue weighted by molar-refractivity contribution is 5.91. The first-order valence-corrected chi connectivity index (χ1v) is 9.31. The summed E-state index contributed by atoms with van der Waals surface area (Å²) in [4.78, 5) is 35.5. The van der Waals surface area contributed by atoms with Crippen molar-refractivity contribution in [2.24, 2.45) is 0 Å². The van der Waals surface area contributed by atoms with Crippen molar-refractivity contribution in [1.29, 1.82) is 0 Å². The molecule has 1 saturated heterocycles. The third-order valence-corrected chi connectivity index (χ3v) is 3.69. The molecule has 2 aliphatic heterocycles. The Labute approximate surface area is 168 Å². The monoisotopic (exact) mass is 418 g/mol. The van der Waals surface area contributed by atoms with E-state index in [-0.39, 0.29) is 25.6 Å². The van der Waals surface area contributed by atoms with Gasteiger partial charge >= 0.3 is 18.3 Å². The van der Waals surface area contributed by atoms with Crippen LogP contribution in [0.25, 0.3) is 0 Å². The average Bonchev–Trinajstić information content (AvgIpc) is 3.18. The highest BCUT2D eigenvalue weighted by Gasteiger charge is 2.49. The Hall–Kier alpha value is -2.53. The van der Waals surface area contributed by atoms with E-state index < -0.39 is 48.8 Å². The predicted octanol–water partition coefficient (Wildman–Crippen LogP) is 2.38. The van der Waals surface area contributed by atoms with Crippen LogP contribution in [0.3, 0.4) is 0 Å². The maximum atomic E-state index is 12.2. The summed E-state index contributed by atoms with van der Waals surface area (Å²) in [6.07, 6.45) is -2.62. The third-order valence-electron chi connectivity index (χ3n) is 3.69. The second-order valence-corrected chi connectivity index (χ2v) is 6.59. The van der Waals surface area contributed by atoms with Crippen LogP contribution in [0.5, 0.6) is 0 Å². The van der Waals surface area contributed by atoms with Crippen LogP contribution in [0.4, 0.5) is 9.59 Å². The zero-order valence-electron chi connectivity index (χ0n) is 16.9. The van der Waals surface area contributed by atoms with Crippen LogP contribution in [0.15, 0.2) is 11.5 Å². The van der Waals surface area contributed by atoms with Crippen molar-refractivity contribution in [2.75, 3.05) is 26.6 Å². The second kappa shape index (κ2) is 10.3. The molecule has 29 heavy (non-hydrogen) atoms. The maximum Gasteiger partial charge on any atom is 0.514 e. The minimum Gasteiger partial charge on any atom is -0.453 e. The molecule has 0 unspecified atom stereocenters. The van der Waals surface area contributed by atoms with Crippen molar-refractivity contribution < 1.29 is 52.3 Å². The van der Waals surface area contributed by atoms with Gasteiger partial charge in [0.15, 0.2) is 17.7 Å². The van der Waals surface area contributed by atoms with Gasteiger partial charge in [0, 0.05) is 0 Å². The largest absolute Gasteiger partial charge is 0.514 e. The minimum atomic E-state index is -1.09. The Morgan fingerprint density at radius 3 is 2.31 bits per heavy atom. The van der Waals surface area contributed by atoms with Gasteiger partial charge in [-0.05, 0) is 26.7 Å². The number of cyclic esters (lactones) is 1. The van der Waals surface area contributed by atoms with E-state index in [1.54, 1.807) is 20.8 Å². The van der Waals surface area contributed by atoms with Crippen LogP contribution in [-0.2, 0) is 42.7 Å². The molecule has 0 radical (unpaired) electrons. The Morgan fingerprint density at radius 2 is 1.72 bits per heavy atom. The lowest BCUT2D eigenvalue weighted by atomic mass is 10.2. The van der Waals surface area contributed by atoms with Gasteiger partial charge in [-0.25, -0.2) is 14.4 Å². The van der Waals surface area contributed by atoms with Gasteiger partial charge in [0.25, 0.3) is 5.76 Å². The van der Waals surface area contributed by atoms with Crippen molar-refractivity contribution in [2.45, 2.75) is 58.5 Å². The lowest BCUT2D eigenvalue weighted by Crippen LogP contribution is -2.33. The number of carbonyl (C=O) groups excluding carboxylic acids is 3. The molecule has 0 saturated carbocycles. The lowest BCUT2D eigenvalue weighted by molar-refractivity contribution is -0.164. The summed E-state index contributed by atoms with van der Waals surface area (Å²) in [7, 11) is 0. The number of esters is 1. The van der Waals surface area contributed by atoms with Crippen molar-refractivity contribution in [1.82, 2.24) is 0 Å². The van der Waals surface area contributed by atoms with E-state index in [4.69, 9.17) is 37.9 Å². The Bertz CT molecular complexity index is 640. The highest BCUT2D eigenvalue weighted by atomic mass is 16.8. The number of rotatable bonds is 9. The maximum absolute atomic E-state index is 12.2. The van der Waals surface area contributed by atoms with E-state index in [2.05, 4.69) is 0 Å². The molecule has 0 aromatic carbocycles. The van der Waals surface area contributed by atoms with Crippen molar-refractivity contribution in [3.05, 3.63) is 11.5 Å². The fraction of sp³-hybridized carbons (Fsp3) is 0.722. The Balaban J connectivity index is 2.10. The fourth-order valence-corrected chi connectivity index (χ4v) is 2.47. The van der Waals surface area contributed by atoms with Crippen molar-refractivity contribution >= 4 is 18.3 Å². The van der Waals surface area contributed by atoms with E-state index in [0.29, 0.717) is 12.8 Å². The predicted molar refractivity (Wildman–Crippen MR) is 93.2 cm³/mol. The molecule has 0 aromatic heterocycles. The van der Waals surface area contributed by atoms with Crippen LogP contribution in [0, 0.1) is 0 Å². The van der Waals surface area contributed by atoms with Gasteiger partial charge in [-0.2, -0.15) is 0 Å². The molecule has 0 aliphatic carbocycles. The molecule has 0 N–H and O–H groups in total. The number of carbonyl (C=O) groups is 3.